The summed E-state index contributed by atoms with van der Waals surface area (Å²) in [7, 11) is 0. The van der Waals surface area contributed by atoms with Crippen molar-refractivity contribution in [2.45, 2.75) is 36.7 Å². The van der Waals surface area contributed by atoms with Crippen LogP contribution in [-0.2, 0) is 29.9 Å². The predicted molar refractivity (Wildman–Crippen MR) is 90.7 cm³/mol. The molecular weight excluding hydrogens is 334 g/mol. The van der Waals surface area contributed by atoms with Crippen LogP contribution in [-0.4, -0.2) is 15.5 Å². The van der Waals surface area contributed by atoms with Crippen molar-refractivity contribution in [1.29, 1.82) is 0 Å². The van der Waals surface area contributed by atoms with Crippen molar-refractivity contribution in [2.75, 3.05) is 0 Å². The Morgan fingerprint density at radius 2 is 2.13 bits per heavy atom. The SMILES string of the molecule is NC(=O)Cn1c(SCc2ccccc2Cl)nc2c(c1=O)CCC2. The standard InChI is InChI=1S/C16H16ClN3O2S/c17-12-6-2-1-4-10(12)9-23-16-19-13-7-3-5-11(13)15(22)20(16)8-14(18)21/h1-2,4,6H,3,5,7-9H2,(H2,18,21). The molecule has 2 N–H and O–H groups in total. The van der Waals surface area contributed by atoms with Gasteiger partial charge in [0.25, 0.3) is 5.56 Å². The largest absolute Gasteiger partial charge is 0.368 e. The maximum atomic E-state index is 12.6. The molecule has 0 aliphatic heterocycles. The molecule has 120 valence electrons. The average Bonchev–Trinajstić information content (AvgIpc) is 2.98. The zero-order valence-electron chi connectivity index (χ0n) is 12.4. The van der Waals surface area contributed by atoms with Crippen molar-refractivity contribution in [3.63, 3.8) is 0 Å². The highest BCUT2D eigenvalue weighted by molar-refractivity contribution is 7.98. The fourth-order valence-electron chi connectivity index (χ4n) is 2.67. The molecule has 1 aromatic carbocycles. The Kier molecular flexibility index (Phi) is 4.73. The first-order valence-corrected chi connectivity index (χ1v) is 8.69. The van der Waals surface area contributed by atoms with E-state index in [1.54, 1.807) is 0 Å². The summed E-state index contributed by atoms with van der Waals surface area (Å²) in [5.41, 5.74) is 7.66. The van der Waals surface area contributed by atoms with E-state index in [0.717, 1.165) is 30.5 Å². The Hall–Kier alpha value is -1.79. The van der Waals surface area contributed by atoms with Crippen LogP contribution in [0, 0.1) is 0 Å². The summed E-state index contributed by atoms with van der Waals surface area (Å²) in [6.07, 6.45) is 2.45. The van der Waals surface area contributed by atoms with Gasteiger partial charge in [0.2, 0.25) is 5.91 Å². The van der Waals surface area contributed by atoms with Crippen LogP contribution in [0.5, 0.6) is 0 Å². The van der Waals surface area contributed by atoms with Gasteiger partial charge in [-0.05, 0) is 30.9 Å². The fourth-order valence-corrected chi connectivity index (χ4v) is 3.97. The Morgan fingerprint density at radius 1 is 1.35 bits per heavy atom. The van der Waals surface area contributed by atoms with E-state index in [1.807, 2.05) is 24.3 Å². The van der Waals surface area contributed by atoms with Crippen molar-refractivity contribution >= 4 is 29.3 Å². The molecule has 5 nitrogen and oxygen atoms in total. The van der Waals surface area contributed by atoms with Crippen LogP contribution in [0.3, 0.4) is 0 Å². The van der Waals surface area contributed by atoms with Crippen LogP contribution in [0.1, 0.15) is 23.2 Å². The van der Waals surface area contributed by atoms with Gasteiger partial charge in [-0.1, -0.05) is 41.6 Å². The molecule has 23 heavy (non-hydrogen) atoms. The topological polar surface area (TPSA) is 78.0 Å². The van der Waals surface area contributed by atoms with Gasteiger partial charge >= 0.3 is 0 Å². The third kappa shape index (κ3) is 3.43. The van der Waals surface area contributed by atoms with Gasteiger partial charge < -0.3 is 5.73 Å². The molecule has 1 aliphatic rings. The van der Waals surface area contributed by atoms with Crippen LogP contribution in [0.15, 0.2) is 34.2 Å². The van der Waals surface area contributed by atoms with E-state index >= 15 is 0 Å². The fraction of sp³-hybridized carbons (Fsp3) is 0.312. The van der Waals surface area contributed by atoms with Crippen molar-refractivity contribution in [3.8, 4) is 0 Å². The van der Waals surface area contributed by atoms with Crippen LogP contribution in [0.2, 0.25) is 5.02 Å². The number of aryl methyl sites for hydroxylation is 1. The molecule has 0 atom stereocenters. The number of amides is 1. The van der Waals surface area contributed by atoms with Crippen molar-refractivity contribution in [3.05, 3.63) is 56.5 Å². The molecule has 0 radical (unpaired) electrons. The minimum Gasteiger partial charge on any atom is -0.368 e. The lowest BCUT2D eigenvalue weighted by Gasteiger charge is -2.12. The van der Waals surface area contributed by atoms with Gasteiger partial charge in [-0.3, -0.25) is 14.2 Å². The summed E-state index contributed by atoms with van der Waals surface area (Å²) >= 11 is 7.56. The molecule has 0 unspecified atom stereocenters. The van der Waals surface area contributed by atoms with E-state index in [9.17, 15) is 9.59 Å². The Labute approximate surface area is 142 Å². The number of thioether (sulfide) groups is 1. The summed E-state index contributed by atoms with van der Waals surface area (Å²) in [6.45, 7) is -0.149. The molecule has 0 saturated carbocycles. The lowest BCUT2D eigenvalue weighted by atomic mass is 10.2. The number of halogens is 1. The second kappa shape index (κ2) is 6.76. The molecule has 7 heteroatoms. The summed E-state index contributed by atoms with van der Waals surface area (Å²) < 4.78 is 1.38. The van der Waals surface area contributed by atoms with Gasteiger partial charge in [-0.25, -0.2) is 4.98 Å². The van der Waals surface area contributed by atoms with Crippen molar-refractivity contribution in [1.82, 2.24) is 9.55 Å². The van der Waals surface area contributed by atoms with Gasteiger partial charge in [0.05, 0.1) is 5.69 Å². The number of carbonyl (C=O) groups is 1. The summed E-state index contributed by atoms with van der Waals surface area (Å²) in [6, 6.07) is 7.53. The Bertz CT molecular complexity index is 819. The monoisotopic (exact) mass is 349 g/mol. The second-order valence-corrected chi connectivity index (χ2v) is 6.76. The van der Waals surface area contributed by atoms with Crippen LogP contribution in [0.4, 0.5) is 0 Å². The second-order valence-electron chi connectivity index (χ2n) is 5.41. The summed E-state index contributed by atoms with van der Waals surface area (Å²) in [5.74, 6) is 0.0235. The highest BCUT2D eigenvalue weighted by Gasteiger charge is 2.21. The minimum atomic E-state index is -0.550. The van der Waals surface area contributed by atoms with Gasteiger partial charge in [0.15, 0.2) is 5.16 Å². The van der Waals surface area contributed by atoms with Gasteiger partial charge in [0, 0.05) is 16.3 Å². The Balaban J connectivity index is 1.94. The third-order valence-electron chi connectivity index (χ3n) is 3.78. The van der Waals surface area contributed by atoms with Crippen molar-refractivity contribution < 1.29 is 4.79 Å². The number of hydrogen-bond acceptors (Lipinski definition) is 4. The van der Waals surface area contributed by atoms with Gasteiger partial charge in [0.1, 0.15) is 6.54 Å². The van der Waals surface area contributed by atoms with E-state index < -0.39 is 5.91 Å². The van der Waals surface area contributed by atoms with Gasteiger partial charge in [-0.15, -0.1) is 0 Å². The first-order chi connectivity index (χ1) is 11.1. The number of aromatic nitrogens is 2. The molecular formula is C16H16ClN3O2S. The molecule has 1 aromatic heterocycles. The van der Waals surface area contributed by atoms with Crippen LogP contribution in [0.25, 0.3) is 0 Å². The molecule has 2 aromatic rings. The maximum Gasteiger partial charge on any atom is 0.258 e. The van der Waals surface area contributed by atoms with E-state index in [-0.39, 0.29) is 12.1 Å². The number of rotatable bonds is 5. The van der Waals surface area contributed by atoms with E-state index in [4.69, 9.17) is 17.3 Å². The zero-order chi connectivity index (χ0) is 16.4. The number of nitrogens with zero attached hydrogens (tertiary/aromatic N) is 2. The lowest BCUT2D eigenvalue weighted by molar-refractivity contribution is -0.118. The van der Waals surface area contributed by atoms with E-state index in [2.05, 4.69) is 4.98 Å². The number of fused-ring (bicyclic) bond motifs is 1. The third-order valence-corrected chi connectivity index (χ3v) is 5.18. The van der Waals surface area contributed by atoms with Crippen molar-refractivity contribution in [2.24, 2.45) is 5.73 Å². The van der Waals surface area contributed by atoms with E-state index in [0.29, 0.717) is 21.5 Å². The molecule has 0 spiro atoms. The molecule has 1 heterocycles. The average molecular weight is 350 g/mol. The molecule has 0 fully saturated rings. The number of carbonyl (C=O) groups excluding carboxylic acids is 1. The highest BCUT2D eigenvalue weighted by Crippen LogP contribution is 2.27. The molecule has 1 aliphatic carbocycles. The molecule has 0 bridgehead atoms. The first-order valence-electron chi connectivity index (χ1n) is 7.33. The normalized spacial score (nSPS) is 13.1. The zero-order valence-corrected chi connectivity index (χ0v) is 14.0. The number of nitrogens with two attached hydrogens (primary N) is 1. The maximum absolute atomic E-state index is 12.6. The smallest absolute Gasteiger partial charge is 0.258 e. The highest BCUT2D eigenvalue weighted by atomic mass is 35.5. The summed E-state index contributed by atoms with van der Waals surface area (Å²) in [5, 5.41) is 1.19. The summed E-state index contributed by atoms with van der Waals surface area (Å²) in [4.78, 5) is 28.5. The quantitative estimate of drug-likeness (QED) is 0.662. The van der Waals surface area contributed by atoms with Crippen LogP contribution < -0.4 is 11.3 Å². The number of benzene rings is 1. The predicted octanol–water partition coefficient (Wildman–Crippen LogP) is 2.16. The molecule has 0 saturated heterocycles. The molecule has 1 amide bonds. The Morgan fingerprint density at radius 3 is 2.87 bits per heavy atom. The lowest BCUT2D eigenvalue weighted by Crippen LogP contribution is -2.32. The minimum absolute atomic E-state index is 0.145. The number of hydrogen-bond donors (Lipinski definition) is 1. The van der Waals surface area contributed by atoms with Gasteiger partial charge in [-0.2, -0.15) is 0 Å². The first kappa shape index (κ1) is 16.1. The van der Waals surface area contributed by atoms with Crippen LogP contribution >= 0.6 is 23.4 Å². The molecule has 3 rings (SSSR count). The number of primary amides is 1. The van der Waals surface area contributed by atoms with E-state index in [1.165, 1.54) is 16.3 Å².